The van der Waals surface area contributed by atoms with E-state index in [-0.39, 0.29) is 12.5 Å². The van der Waals surface area contributed by atoms with E-state index in [1.165, 1.54) is 6.42 Å². The Morgan fingerprint density at radius 3 is 2.15 bits per heavy atom. The number of carboxylic acids is 1. The van der Waals surface area contributed by atoms with E-state index in [9.17, 15) is 14.7 Å². The zero-order valence-electron chi connectivity index (χ0n) is 19.5. The molecule has 1 amide bonds. The van der Waals surface area contributed by atoms with Gasteiger partial charge < -0.3 is 15.2 Å². The first-order valence-electron chi connectivity index (χ1n) is 12.5. The summed E-state index contributed by atoms with van der Waals surface area (Å²) in [6.07, 6.45) is 5.40. The Bertz CT molecular complexity index is 1260. The van der Waals surface area contributed by atoms with Gasteiger partial charge in [0, 0.05) is 6.42 Å². The van der Waals surface area contributed by atoms with Gasteiger partial charge in [-0.25, -0.2) is 9.59 Å². The van der Waals surface area contributed by atoms with Crippen molar-refractivity contribution in [2.24, 2.45) is 23.7 Å². The SMILES string of the molecule is CC(Cc1cc2ccccc2c2ccccc12)(NC(=O)OC1C2CC3CC(C2)CC1C3)C(=O)O. The summed E-state index contributed by atoms with van der Waals surface area (Å²) in [5.74, 6) is 1.38. The van der Waals surface area contributed by atoms with Gasteiger partial charge in [0.1, 0.15) is 11.6 Å². The van der Waals surface area contributed by atoms with E-state index in [0.29, 0.717) is 11.8 Å². The van der Waals surface area contributed by atoms with E-state index >= 15 is 0 Å². The Kier molecular flexibility index (Phi) is 5.05. The lowest BCUT2D eigenvalue weighted by molar-refractivity contribution is -0.144. The van der Waals surface area contributed by atoms with Gasteiger partial charge in [-0.3, -0.25) is 0 Å². The highest BCUT2D eigenvalue weighted by atomic mass is 16.6. The molecule has 176 valence electrons. The number of hydrogen-bond acceptors (Lipinski definition) is 3. The fourth-order valence-electron chi connectivity index (χ4n) is 7.28. The minimum Gasteiger partial charge on any atom is -0.480 e. The number of amides is 1. The molecule has 0 saturated heterocycles. The number of carbonyl (C=O) groups excluding carboxylic acids is 1. The molecule has 4 aliphatic rings. The quantitative estimate of drug-likeness (QED) is 0.466. The van der Waals surface area contributed by atoms with Crippen molar-refractivity contribution in [3.05, 3.63) is 60.2 Å². The summed E-state index contributed by atoms with van der Waals surface area (Å²) >= 11 is 0. The number of fused-ring (bicyclic) bond motifs is 3. The van der Waals surface area contributed by atoms with Crippen LogP contribution in [0.2, 0.25) is 0 Å². The van der Waals surface area contributed by atoms with E-state index in [0.717, 1.165) is 64.6 Å². The average Bonchev–Trinajstić information content (AvgIpc) is 2.81. The molecule has 4 fully saturated rings. The summed E-state index contributed by atoms with van der Waals surface area (Å²) in [6, 6.07) is 18.2. The average molecular weight is 458 g/mol. The zero-order valence-corrected chi connectivity index (χ0v) is 19.5. The number of carboxylic acid groups (broad SMARTS) is 1. The maximum Gasteiger partial charge on any atom is 0.408 e. The Morgan fingerprint density at radius 2 is 1.50 bits per heavy atom. The van der Waals surface area contributed by atoms with Crippen molar-refractivity contribution in [3.8, 4) is 0 Å². The first-order valence-corrected chi connectivity index (χ1v) is 12.5. The zero-order chi connectivity index (χ0) is 23.4. The van der Waals surface area contributed by atoms with Gasteiger partial charge >= 0.3 is 12.1 Å². The van der Waals surface area contributed by atoms with Crippen LogP contribution < -0.4 is 5.32 Å². The van der Waals surface area contributed by atoms with E-state index in [2.05, 4.69) is 17.4 Å². The number of carbonyl (C=O) groups is 2. The van der Waals surface area contributed by atoms with Gasteiger partial charge in [0.2, 0.25) is 0 Å². The molecule has 7 rings (SSSR count). The summed E-state index contributed by atoms with van der Waals surface area (Å²) in [4.78, 5) is 25.5. The van der Waals surface area contributed by atoms with Crippen LogP contribution in [-0.4, -0.2) is 28.8 Å². The van der Waals surface area contributed by atoms with Gasteiger partial charge in [0.25, 0.3) is 0 Å². The van der Waals surface area contributed by atoms with Gasteiger partial charge in [0.05, 0.1) is 0 Å². The molecule has 4 saturated carbocycles. The molecule has 1 unspecified atom stereocenters. The van der Waals surface area contributed by atoms with Crippen LogP contribution in [0, 0.1) is 23.7 Å². The molecule has 2 N–H and O–H groups in total. The van der Waals surface area contributed by atoms with Crippen molar-refractivity contribution in [1.29, 1.82) is 0 Å². The van der Waals surface area contributed by atoms with Crippen LogP contribution in [0.25, 0.3) is 21.5 Å². The maximum absolute atomic E-state index is 13.0. The number of ether oxygens (including phenoxy) is 1. The highest BCUT2D eigenvalue weighted by Gasteiger charge is 2.50. The summed E-state index contributed by atoms with van der Waals surface area (Å²) in [6.45, 7) is 1.58. The number of hydrogen-bond donors (Lipinski definition) is 2. The monoisotopic (exact) mass is 457 g/mol. The van der Waals surface area contributed by atoms with Gasteiger partial charge in [-0.05, 0) is 89.8 Å². The highest BCUT2D eigenvalue weighted by Crippen LogP contribution is 2.54. The highest BCUT2D eigenvalue weighted by molar-refractivity contribution is 6.09. The molecule has 0 radical (unpaired) electrons. The lowest BCUT2D eigenvalue weighted by Gasteiger charge is -2.53. The van der Waals surface area contributed by atoms with Crippen LogP contribution in [0.15, 0.2) is 54.6 Å². The molecule has 4 aliphatic carbocycles. The number of nitrogens with one attached hydrogen (secondary N) is 1. The molecular weight excluding hydrogens is 426 g/mol. The molecular formula is C29H31NO4. The Balaban J connectivity index is 1.26. The molecule has 4 bridgehead atoms. The van der Waals surface area contributed by atoms with E-state index in [4.69, 9.17) is 4.74 Å². The second-order valence-electron chi connectivity index (χ2n) is 11.0. The summed E-state index contributed by atoms with van der Waals surface area (Å²) < 4.78 is 5.96. The van der Waals surface area contributed by atoms with E-state index in [1.54, 1.807) is 6.92 Å². The molecule has 3 aromatic carbocycles. The summed E-state index contributed by atoms with van der Waals surface area (Å²) in [5.41, 5.74) is -0.581. The molecule has 34 heavy (non-hydrogen) atoms. The van der Waals surface area contributed by atoms with Crippen LogP contribution in [0.3, 0.4) is 0 Å². The van der Waals surface area contributed by atoms with Crippen molar-refractivity contribution >= 4 is 33.6 Å². The molecule has 0 heterocycles. The van der Waals surface area contributed by atoms with Gasteiger partial charge in [-0.15, -0.1) is 0 Å². The van der Waals surface area contributed by atoms with Crippen LogP contribution in [0.4, 0.5) is 4.79 Å². The first-order chi connectivity index (χ1) is 16.4. The molecule has 0 aromatic heterocycles. The summed E-state index contributed by atoms with van der Waals surface area (Å²) in [5, 5.41) is 17.2. The lowest BCUT2D eigenvalue weighted by Crippen LogP contribution is -2.56. The van der Waals surface area contributed by atoms with Crippen LogP contribution in [0.1, 0.15) is 44.6 Å². The van der Waals surface area contributed by atoms with Crippen molar-refractivity contribution in [2.45, 2.75) is 57.1 Å². The van der Waals surface area contributed by atoms with Crippen molar-refractivity contribution < 1.29 is 19.4 Å². The summed E-state index contributed by atoms with van der Waals surface area (Å²) in [7, 11) is 0. The fraction of sp³-hybridized carbons (Fsp3) is 0.448. The second-order valence-corrected chi connectivity index (χ2v) is 11.0. The predicted molar refractivity (Wildman–Crippen MR) is 132 cm³/mol. The number of benzene rings is 3. The van der Waals surface area contributed by atoms with Crippen LogP contribution in [-0.2, 0) is 16.0 Å². The lowest BCUT2D eigenvalue weighted by atomic mass is 9.55. The Labute approximate surface area is 199 Å². The number of aliphatic carboxylic acids is 1. The minimum absolute atomic E-state index is 0.0765. The maximum atomic E-state index is 13.0. The van der Waals surface area contributed by atoms with Crippen molar-refractivity contribution in [2.75, 3.05) is 0 Å². The predicted octanol–water partition coefficient (Wildman–Crippen LogP) is 5.93. The Morgan fingerprint density at radius 1 is 0.912 bits per heavy atom. The number of alkyl carbamates (subject to hydrolysis) is 1. The second kappa shape index (κ2) is 8.00. The van der Waals surface area contributed by atoms with Crippen molar-refractivity contribution in [1.82, 2.24) is 5.32 Å². The molecule has 0 spiro atoms. The molecule has 0 aliphatic heterocycles. The Hall–Kier alpha value is -3.08. The topological polar surface area (TPSA) is 75.6 Å². The minimum atomic E-state index is -1.48. The first kappa shape index (κ1) is 21.5. The molecule has 5 nitrogen and oxygen atoms in total. The van der Waals surface area contributed by atoms with Crippen LogP contribution >= 0.6 is 0 Å². The van der Waals surface area contributed by atoms with Gasteiger partial charge in [0.15, 0.2) is 0 Å². The number of rotatable bonds is 5. The smallest absolute Gasteiger partial charge is 0.408 e. The molecule has 3 aromatic rings. The van der Waals surface area contributed by atoms with Crippen LogP contribution in [0.5, 0.6) is 0 Å². The third-order valence-electron chi connectivity index (χ3n) is 8.63. The van der Waals surface area contributed by atoms with Gasteiger partial charge in [-0.1, -0.05) is 54.6 Å². The van der Waals surface area contributed by atoms with E-state index < -0.39 is 17.6 Å². The van der Waals surface area contributed by atoms with Crippen molar-refractivity contribution in [3.63, 3.8) is 0 Å². The standard InChI is InChI=1S/C29H31NO4/c1-29(27(31)32,30-28(33)34-26-20-11-17-10-18(13-20)14-21(26)12-17)16-22-15-19-6-2-3-7-23(19)25-9-5-4-8-24(22)25/h2-9,15,17-18,20-21,26H,10-14,16H2,1H3,(H,30,33)(H,31,32). The van der Waals surface area contributed by atoms with Gasteiger partial charge in [-0.2, -0.15) is 0 Å². The molecule has 5 heteroatoms. The third-order valence-corrected chi connectivity index (χ3v) is 8.63. The fourth-order valence-corrected chi connectivity index (χ4v) is 7.28. The molecule has 1 atom stereocenters. The normalized spacial score (nSPS) is 29.1. The van der Waals surface area contributed by atoms with E-state index in [1.807, 2.05) is 42.5 Å². The largest absolute Gasteiger partial charge is 0.480 e. The third kappa shape index (κ3) is 3.62.